The van der Waals surface area contributed by atoms with E-state index in [0.29, 0.717) is 18.3 Å². The van der Waals surface area contributed by atoms with E-state index in [4.69, 9.17) is 5.73 Å². The number of hydrogen-bond donors (Lipinski definition) is 2. The van der Waals surface area contributed by atoms with Gasteiger partial charge in [-0.25, -0.2) is 0 Å². The molecular formula is C15H30N2O. The van der Waals surface area contributed by atoms with Crippen molar-refractivity contribution in [3.05, 3.63) is 0 Å². The van der Waals surface area contributed by atoms with E-state index in [2.05, 4.69) is 26.1 Å². The van der Waals surface area contributed by atoms with Gasteiger partial charge in [-0.2, -0.15) is 0 Å². The molecular weight excluding hydrogens is 224 g/mol. The van der Waals surface area contributed by atoms with Crippen molar-refractivity contribution < 1.29 is 4.79 Å². The first-order valence-electron chi connectivity index (χ1n) is 7.57. The smallest absolute Gasteiger partial charge is 0.220 e. The molecule has 3 N–H and O–H groups in total. The van der Waals surface area contributed by atoms with Crippen LogP contribution in [-0.2, 0) is 4.79 Å². The first-order chi connectivity index (χ1) is 8.52. The lowest BCUT2D eigenvalue weighted by atomic mass is 9.83. The van der Waals surface area contributed by atoms with Crippen molar-refractivity contribution in [1.29, 1.82) is 0 Å². The molecule has 0 aromatic carbocycles. The second kappa shape index (κ2) is 7.78. The molecule has 0 aliphatic heterocycles. The first-order valence-corrected chi connectivity index (χ1v) is 7.57. The van der Waals surface area contributed by atoms with Crippen molar-refractivity contribution in [3.63, 3.8) is 0 Å². The molecule has 106 valence electrons. The van der Waals surface area contributed by atoms with Crippen LogP contribution >= 0.6 is 0 Å². The lowest BCUT2D eigenvalue weighted by molar-refractivity contribution is -0.123. The van der Waals surface area contributed by atoms with E-state index in [9.17, 15) is 4.79 Å². The van der Waals surface area contributed by atoms with E-state index in [-0.39, 0.29) is 18.0 Å². The minimum absolute atomic E-state index is 0.188. The fourth-order valence-corrected chi connectivity index (χ4v) is 2.89. The van der Waals surface area contributed by atoms with Gasteiger partial charge >= 0.3 is 0 Å². The van der Waals surface area contributed by atoms with Crippen molar-refractivity contribution in [2.45, 2.75) is 77.8 Å². The number of carbonyl (C=O) groups is 1. The van der Waals surface area contributed by atoms with Gasteiger partial charge in [-0.15, -0.1) is 0 Å². The highest BCUT2D eigenvalue weighted by atomic mass is 16.1. The molecule has 1 saturated carbocycles. The molecule has 18 heavy (non-hydrogen) atoms. The average molecular weight is 254 g/mol. The zero-order chi connectivity index (χ0) is 13.5. The van der Waals surface area contributed by atoms with Crippen molar-refractivity contribution in [2.24, 2.45) is 17.6 Å². The summed E-state index contributed by atoms with van der Waals surface area (Å²) < 4.78 is 0. The summed E-state index contributed by atoms with van der Waals surface area (Å²) in [6.45, 7) is 6.53. The lowest BCUT2D eigenvalue weighted by Gasteiger charge is -2.28. The van der Waals surface area contributed by atoms with Crippen LogP contribution in [0.2, 0.25) is 0 Å². The van der Waals surface area contributed by atoms with Gasteiger partial charge < -0.3 is 11.1 Å². The van der Waals surface area contributed by atoms with Crippen molar-refractivity contribution in [3.8, 4) is 0 Å². The monoisotopic (exact) mass is 254 g/mol. The molecule has 0 aromatic heterocycles. The van der Waals surface area contributed by atoms with Gasteiger partial charge in [0.15, 0.2) is 0 Å². The fourth-order valence-electron chi connectivity index (χ4n) is 2.89. The standard InChI is InChI=1S/C15H30N2O/c1-4-11(2)9-12(3)17-15(18)10-13-7-5-6-8-14(13)16/h11-14H,4-10,16H2,1-3H3,(H,17,18). The lowest BCUT2D eigenvalue weighted by Crippen LogP contribution is -2.39. The summed E-state index contributed by atoms with van der Waals surface area (Å²) >= 11 is 0. The van der Waals surface area contributed by atoms with Crippen molar-refractivity contribution >= 4 is 5.91 Å². The summed E-state index contributed by atoms with van der Waals surface area (Å²) in [6.07, 6.45) is 7.52. The van der Waals surface area contributed by atoms with E-state index in [1.165, 1.54) is 19.3 Å². The van der Waals surface area contributed by atoms with Crippen LogP contribution in [0.15, 0.2) is 0 Å². The molecule has 0 aromatic rings. The maximum Gasteiger partial charge on any atom is 0.220 e. The summed E-state index contributed by atoms with van der Waals surface area (Å²) in [5, 5.41) is 3.12. The first kappa shape index (κ1) is 15.5. The van der Waals surface area contributed by atoms with Gasteiger partial charge in [0, 0.05) is 18.5 Å². The predicted molar refractivity (Wildman–Crippen MR) is 76.2 cm³/mol. The van der Waals surface area contributed by atoms with Crippen LogP contribution < -0.4 is 11.1 Å². The Morgan fingerprint density at radius 3 is 2.61 bits per heavy atom. The Bertz CT molecular complexity index is 255. The highest BCUT2D eigenvalue weighted by Gasteiger charge is 2.24. The molecule has 3 nitrogen and oxygen atoms in total. The number of rotatable bonds is 6. The molecule has 0 heterocycles. The van der Waals surface area contributed by atoms with Crippen LogP contribution in [0.3, 0.4) is 0 Å². The van der Waals surface area contributed by atoms with E-state index >= 15 is 0 Å². The van der Waals surface area contributed by atoms with Crippen LogP contribution in [-0.4, -0.2) is 18.0 Å². The second-order valence-corrected chi connectivity index (χ2v) is 6.13. The van der Waals surface area contributed by atoms with Gasteiger partial charge in [0.25, 0.3) is 0 Å². The molecule has 1 aliphatic carbocycles. The van der Waals surface area contributed by atoms with E-state index < -0.39 is 0 Å². The molecule has 1 aliphatic rings. The van der Waals surface area contributed by atoms with Gasteiger partial charge in [-0.1, -0.05) is 33.1 Å². The molecule has 1 fully saturated rings. The summed E-state index contributed by atoms with van der Waals surface area (Å²) in [5.74, 6) is 1.26. The predicted octanol–water partition coefficient (Wildman–Crippen LogP) is 2.83. The van der Waals surface area contributed by atoms with Crippen molar-refractivity contribution in [2.75, 3.05) is 0 Å². The zero-order valence-electron chi connectivity index (χ0n) is 12.2. The van der Waals surface area contributed by atoms with Gasteiger partial charge in [-0.05, 0) is 38.0 Å². The van der Waals surface area contributed by atoms with Crippen LogP contribution in [0.25, 0.3) is 0 Å². The summed E-state index contributed by atoms with van der Waals surface area (Å²) in [4.78, 5) is 12.0. The molecule has 0 bridgehead atoms. The summed E-state index contributed by atoms with van der Waals surface area (Å²) in [5.41, 5.74) is 6.08. The Labute approximate surface area is 112 Å². The van der Waals surface area contributed by atoms with Crippen LogP contribution in [0.5, 0.6) is 0 Å². The highest BCUT2D eigenvalue weighted by Crippen LogP contribution is 2.25. The molecule has 0 saturated heterocycles. The molecule has 1 amide bonds. The second-order valence-electron chi connectivity index (χ2n) is 6.13. The Balaban J connectivity index is 2.27. The highest BCUT2D eigenvalue weighted by molar-refractivity contribution is 5.76. The Kier molecular flexibility index (Phi) is 6.69. The summed E-state index contributed by atoms with van der Waals surface area (Å²) in [7, 11) is 0. The van der Waals surface area contributed by atoms with Crippen molar-refractivity contribution in [1.82, 2.24) is 5.32 Å². The Hall–Kier alpha value is -0.570. The maximum absolute atomic E-state index is 12.0. The number of nitrogens with two attached hydrogens (primary N) is 1. The summed E-state index contributed by atoms with van der Waals surface area (Å²) in [6, 6.07) is 0.515. The third-order valence-electron chi connectivity index (χ3n) is 4.28. The number of carbonyl (C=O) groups excluding carboxylic acids is 1. The molecule has 3 heteroatoms. The van der Waals surface area contributed by atoms with Gasteiger partial charge in [0.05, 0.1) is 0 Å². The SMILES string of the molecule is CCC(C)CC(C)NC(=O)CC1CCCCC1N. The van der Waals surface area contributed by atoms with E-state index in [1.54, 1.807) is 0 Å². The Morgan fingerprint density at radius 1 is 1.33 bits per heavy atom. The zero-order valence-corrected chi connectivity index (χ0v) is 12.2. The Morgan fingerprint density at radius 2 is 2.00 bits per heavy atom. The molecule has 0 radical (unpaired) electrons. The quantitative estimate of drug-likeness (QED) is 0.766. The van der Waals surface area contributed by atoms with Gasteiger partial charge in [-0.3, -0.25) is 4.79 Å². The number of amides is 1. The van der Waals surface area contributed by atoms with Gasteiger partial charge in [0.1, 0.15) is 0 Å². The van der Waals surface area contributed by atoms with Crippen LogP contribution in [0.1, 0.15) is 65.7 Å². The third-order valence-corrected chi connectivity index (χ3v) is 4.28. The van der Waals surface area contributed by atoms with Gasteiger partial charge in [0.2, 0.25) is 5.91 Å². The van der Waals surface area contributed by atoms with Crippen LogP contribution in [0.4, 0.5) is 0 Å². The number of hydrogen-bond acceptors (Lipinski definition) is 2. The normalized spacial score (nSPS) is 27.6. The minimum Gasteiger partial charge on any atom is -0.354 e. The molecule has 0 spiro atoms. The third kappa shape index (κ3) is 5.38. The van der Waals surface area contributed by atoms with Crippen LogP contribution in [0, 0.1) is 11.8 Å². The average Bonchev–Trinajstić information content (AvgIpc) is 2.31. The molecule has 1 rings (SSSR count). The molecule has 4 unspecified atom stereocenters. The van der Waals surface area contributed by atoms with E-state index in [0.717, 1.165) is 19.3 Å². The minimum atomic E-state index is 0.188. The topological polar surface area (TPSA) is 55.1 Å². The number of nitrogens with one attached hydrogen (secondary N) is 1. The molecule has 4 atom stereocenters. The fraction of sp³-hybridized carbons (Fsp3) is 0.933. The van der Waals surface area contributed by atoms with E-state index in [1.807, 2.05) is 0 Å². The largest absolute Gasteiger partial charge is 0.354 e. The maximum atomic E-state index is 12.0.